The minimum absolute atomic E-state index is 0.163. The van der Waals surface area contributed by atoms with E-state index in [-0.39, 0.29) is 5.69 Å². The lowest BCUT2D eigenvalue weighted by Crippen LogP contribution is -2.20. The first-order chi connectivity index (χ1) is 10.2. The van der Waals surface area contributed by atoms with Gasteiger partial charge in [0.05, 0.1) is 0 Å². The Kier molecular flexibility index (Phi) is 3.60. The second-order valence-electron chi connectivity index (χ2n) is 4.62. The molecule has 3 aromatic rings. The summed E-state index contributed by atoms with van der Waals surface area (Å²) < 4.78 is 1.93. The first-order valence-electron chi connectivity index (χ1n) is 6.32. The Hall–Kier alpha value is -2.37. The molecular weight excluding hydrogens is 290 g/mol. The summed E-state index contributed by atoms with van der Waals surface area (Å²) in [6, 6.07) is 12.9. The van der Waals surface area contributed by atoms with Crippen molar-refractivity contribution in [3.05, 3.63) is 64.9 Å². The molecule has 2 N–H and O–H groups in total. The van der Waals surface area contributed by atoms with E-state index in [2.05, 4.69) is 4.98 Å². The zero-order valence-electron chi connectivity index (χ0n) is 11.0. The van der Waals surface area contributed by atoms with E-state index >= 15 is 0 Å². The number of nitrogens with zero attached hydrogens (tertiary/aromatic N) is 2. The van der Waals surface area contributed by atoms with E-state index in [1.807, 2.05) is 41.1 Å². The second kappa shape index (κ2) is 5.55. The highest BCUT2D eigenvalue weighted by atomic mass is 35.5. The zero-order valence-corrected chi connectivity index (χ0v) is 11.7. The van der Waals surface area contributed by atoms with Gasteiger partial charge in [0.1, 0.15) is 11.3 Å². The Bertz CT molecular complexity index is 814. The topological polar surface area (TPSA) is 67.2 Å². The number of amides is 1. The summed E-state index contributed by atoms with van der Waals surface area (Å²) in [5.41, 5.74) is 3.47. The van der Waals surface area contributed by atoms with Gasteiger partial charge in [-0.1, -0.05) is 23.7 Å². The van der Waals surface area contributed by atoms with Crippen LogP contribution in [0.5, 0.6) is 0 Å². The maximum atomic E-state index is 11.4. The molecule has 6 heteroatoms. The quantitative estimate of drug-likeness (QED) is 0.577. The third kappa shape index (κ3) is 2.74. The number of halogens is 1. The predicted molar refractivity (Wildman–Crippen MR) is 79.5 cm³/mol. The molecule has 0 unspecified atom stereocenters. The third-order valence-electron chi connectivity index (χ3n) is 3.19. The fourth-order valence-corrected chi connectivity index (χ4v) is 2.42. The summed E-state index contributed by atoms with van der Waals surface area (Å²) in [6.07, 6.45) is 1.90. The molecule has 0 fully saturated rings. The molecule has 0 aliphatic carbocycles. The van der Waals surface area contributed by atoms with Crippen LogP contribution in [0, 0.1) is 0 Å². The van der Waals surface area contributed by atoms with Crippen LogP contribution in [0.2, 0.25) is 5.02 Å². The molecule has 3 rings (SSSR count). The van der Waals surface area contributed by atoms with Crippen molar-refractivity contribution in [3.8, 4) is 0 Å². The van der Waals surface area contributed by atoms with Crippen LogP contribution < -0.4 is 5.48 Å². The van der Waals surface area contributed by atoms with Crippen molar-refractivity contribution in [1.29, 1.82) is 0 Å². The molecule has 106 valence electrons. The van der Waals surface area contributed by atoms with Gasteiger partial charge in [-0.25, -0.2) is 10.5 Å². The number of pyridine rings is 1. The van der Waals surface area contributed by atoms with Gasteiger partial charge >= 0.3 is 0 Å². The zero-order chi connectivity index (χ0) is 14.8. The van der Waals surface area contributed by atoms with Crippen molar-refractivity contribution < 1.29 is 10.0 Å². The van der Waals surface area contributed by atoms with Crippen molar-refractivity contribution in [1.82, 2.24) is 15.0 Å². The van der Waals surface area contributed by atoms with E-state index in [9.17, 15) is 4.79 Å². The maximum Gasteiger partial charge on any atom is 0.293 e. The van der Waals surface area contributed by atoms with Gasteiger partial charge in [-0.15, -0.1) is 0 Å². The Morgan fingerprint density at radius 3 is 2.90 bits per heavy atom. The highest BCUT2D eigenvalue weighted by molar-refractivity contribution is 6.30. The number of nitrogens with one attached hydrogen (secondary N) is 1. The molecule has 0 aliphatic rings. The van der Waals surface area contributed by atoms with Crippen LogP contribution in [-0.4, -0.2) is 20.7 Å². The lowest BCUT2D eigenvalue weighted by molar-refractivity contribution is 0.0701. The van der Waals surface area contributed by atoms with E-state index in [1.165, 1.54) is 0 Å². The molecule has 0 spiro atoms. The molecule has 0 bridgehead atoms. The van der Waals surface area contributed by atoms with Crippen LogP contribution in [0.1, 0.15) is 16.1 Å². The Morgan fingerprint density at radius 1 is 1.29 bits per heavy atom. The van der Waals surface area contributed by atoms with E-state index in [1.54, 1.807) is 17.6 Å². The van der Waals surface area contributed by atoms with Crippen molar-refractivity contribution in [3.63, 3.8) is 0 Å². The number of carbonyl (C=O) groups excluding carboxylic acids is 1. The smallest absolute Gasteiger partial charge is 0.293 e. The number of hydrogen-bond acceptors (Lipinski definition) is 3. The summed E-state index contributed by atoms with van der Waals surface area (Å²) >= 11 is 5.98. The molecule has 2 heterocycles. The van der Waals surface area contributed by atoms with Crippen molar-refractivity contribution in [2.45, 2.75) is 6.54 Å². The highest BCUT2D eigenvalue weighted by Crippen LogP contribution is 2.18. The van der Waals surface area contributed by atoms with Crippen LogP contribution in [0.3, 0.4) is 0 Å². The fraction of sp³-hybridized carbons (Fsp3) is 0.0667. The summed E-state index contributed by atoms with van der Waals surface area (Å²) in [4.78, 5) is 15.7. The van der Waals surface area contributed by atoms with Gasteiger partial charge in [-0.2, -0.15) is 0 Å². The van der Waals surface area contributed by atoms with Crippen LogP contribution in [-0.2, 0) is 6.54 Å². The predicted octanol–water partition coefficient (Wildman–Crippen LogP) is 2.86. The molecule has 0 saturated heterocycles. The molecule has 5 nitrogen and oxygen atoms in total. The van der Waals surface area contributed by atoms with E-state index in [0.717, 1.165) is 10.9 Å². The van der Waals surface area contributed by atoms with E-state index in [4.69, 9.17) is 16.8 Å². The Balaban J connectivity index is 2.00. The van der Waals surface area contributed by atoms with Gasteiger partial charge in [-0.3, -0.25) is 10.0 Å². The summed E-state index contributed by atoms with van der Waals surface area (Å²) in [7, 11) is 0. The molecule has 2 aromatic heterocycles. The monoisotopic (exact) mass is 301 g/mol. The van der Waals surface area contributed by atoms with Crippen molar-refractivity contribution >= 4 is 28.5 Å². The van der Waals surface area contributed by atoms with Crippen molar-refractivity contribution in [2.75, 3.05) is 0 Å². The number of hydrogen-bond donors (Lipinski definition) is 2. The van der Waals surface area contributed by atoms with Crippen LogP contribution in [0.4, 0.5) is 0 Å². The number of carbonyl (C=O) groups is 1. The third-order valence-corrected chi connectivity index (χ3v) is 3.42. The largest absolute Gasteiger partial charge is 0.328 e. The van der Waals surface area contributed by atoms with Gasteiger partial charge in [0.2, 0.25) is 0 Å². The van der Waals surface area contributed by atoms with Gasteiger partial charge < -0.3 is 4.57 Å². The van der Waals surface area contributed by atoms with Gasteiger partial charge in [-0.05, 0) is 35.9 Å². The maximum absolute atomic E-state index is 11.4. The van der Waals surface area contributed by atoms with Crippen LogP contribution >= 0.6 is 11.6 Å². The minimum Gasteiger partial charge on any atom is -0.328 e. The number of benzene rings is 1. The molecule has 0 saturated carbocycles. The molecular formula is C15H12ClN3O2. The molecule has 0 aliphatic heterocycles. The fourth-order valence-electron chi connectivity index (χ4n) is 2.20. The molecule has 1 amide bonds. The highest BCUT2D eigenvalue weighted by Gasteiger charge is 2.09. The van der Waals surface area contributed by atoms with Gasteiger partial charge in [0, 0.05) is 23.2 Å². The van der Waals surface area contributed by atoms with E-state index < -0.39 is 5.91 Å². The summed E-state index contributed by atoms with van der Waals surface area (Å²) in [5, 5.41) is 10.3. The van der Waals surface area contributed by atoms with Crippen LogP contribution in [0.25, 0.3) is 11.0 Å². The van der Waals surface area contributed by atoms with Crippen molar-refractivity contribution in [2.24, 2.45) is 0 Å². The standard InChI is InChI=1S/C15H12ClN3O2/c16-12-3-1-2-10(8-12)9-19-7-6-11-4-5-13(15(20)18-21)17-14(11)19/h1-8,21H,9H2,(H,18,20). The summed E-state index contributed by atoms with van der Waals surface area (Å²) in [6.45, 7) is 0.598. The number of hydroxylamine groups is 1. The minimum atomic E-state index is -0.632. The number of aromatic nitrogens is 2. The Morgan fingerprint density at radius 2 is 2.14 bits per heavy atom. The lowest BCUT2D eigenvalue weighted by Gasteiger charge is -2.06. The second-order valence-corrected chi connectivity index (χ2v) is 5.06. The molecule has 21 heavy (non-hydrogen) atoms. The first kappa shape index (κ1) is 13.6. The lowest BCUT2D eigenvalue weighted by atomic mass is 10.2. The van der Waals surface area contributed by atoms with Gasteiger partial charge in [0.25, 0.3) is 5.91 Å². The molecule has 1 aromatic carbocycles. The normalized spacial score (nSPS) is 10.8. The van der Waals surface area contributed by atoms with E-state index in [0.29, 0.717) is 17.2 Å². The number of rotatable bonds is 3. The Labute approximate surface area is 125 Å². The molecule has 0 atom stereocenters. The first-order valence-corrected chi connectivity index (χ1v) is 6.70. The average Bonchev–Trinajstić information content (AvgIpc) is 2.89. The van der Waals surface area contributed by atoms with Crippen LogP contribution in [0.15, 0.2) is 48.7 Å². The van der Waals surface area contributed by atoms with Gasteiger partial charge in [0.15, 0.2) is 0 Å². The number of fused-ring (bicyclic) bond motifs is 1. The molecule has 0 radical (unpaired) electrons. The average molecular weight is 302 g/mol. The SMILES string of the molecule is O=C(NO)c1ccc2ccn(Cc3cccc(Cl)c3)c2n1. The summed E-state index contributed by atoms with van der Waals surface area (Å²) in [5.74, 6) is -0.632.